The number of rotatable bonds is 4. The van der Waals surface area contributed by atoms with Gasteiger partial charge in [0.25, 0.3) is 0 Å². The van der Waals surface area contributed by atoms with E-state index < -0.39 is 36.3 Å². The maximum absolute atomic E-state index is 11.7. The number of carbonyl (C=O) groups excluding carboxylic acids is 1. The van der Waals surface area contributed by atoms with Crippen LogP contribution in [0.4, 0.5) is 0 Å². The Bertz CT molecular complexity index is 420. The summed E-state index contributed by atoms with van der Waals surface area (Å²) in [5.41, 5.74) is -1.25. The van der Waals surface area contributed by atoms with Gasteiger partial charge in [-0.1, -0.05) is 23.8 Å². The van der Waals surface area contributed by atoms with Gasteiger partial charge >= 0.3 is 5.97 Å². The number of aliphatic hydroxyl groups is 2. The lowest BCUT2D eigenvalue weighted by Gasteiger charge is -2.38. The van der Waals surface area contributed by atoms with E-state index in [1.165, 1.54) is 19.4 Å². The van der Waals surface area contributed by atoms with Gasteiger partial charge in [-0.05, 0) is 0 Å². The van der Waals surface area contributed by atoms with Gasteiger partial charge in [0.2, 0.25) is 6.29 Å². The largest absolute Gasteiger partial charge is 0.471 e. The summed E-state index contributed by atoms with van der Waals surface area (Å²) in [4.78, 5) is 11.7. The molecule has 106 valence electrons. The third-order valence-corrected chi connectivity index (χ3v) is 3.57. The quantitative estimate of drug-likeness (QED) is 0.435. The Morgan fingerprint density at radius 2 is 2.37 bits per heavy atom. The molecule has 0 aromatic heterocycles. The van der Waals surface area contributed by atoms with Crippen LogP contribution in [0.1, 0.15) is 0 Å². The van der Waals surface area contributed by atoms with Crippen molar-refractivity contribution in [3.8, 4) is 0 Å². The second-order valence-electron chi connectivity index (χ2n) is 4.41. The second kappa shape index (κ2) is 5.50. The van der Waals surface area contributed by atoms with E-state index in [4.69, 9.17) is 21.1 Å². The molecule has 0 radical (unpaired) electrons. The number of ether oxygens (including phenoxy) is 3. The molecular formula is C12H15ClO6. The number of carbonyl (C=O) groups is 1. The fraction of sp³-hybridized carbons (Fsp3) is 0.583. The van der Waals surface area contributed by atoms with Gasteiger partial charge in [0.05, 0.1) is 31.5 Å². The molecule has 19 heavy (non-hydrogen) atoms. The van der Waals surface area contributed by atoms with Crippen molar-refractivity contribution >= 4 is 17.6 Å². The molecule has 0 amide bonds. The first-order valence-electron chi connectivity index (χ1n) is 5.71. The summed E-state index contributed by atoms with van der Waals surface area (Å²) in [6.45, 7) is -0.509. The Morgan fingerprint density at radius 3 is 2.95 bits per heavy atom. The highest BCUT2D eigenvalue weighted by Crippen LogP contribution is 2.44. The summed E-state index contributed by atoms with van der Waals surface area (Å²) in [5.74, 6) is -1.66. The van der Waals surface area contributed by atoms with Gasteiger partial charge in [-0.25, -0.2) is 4.79 Å². The highest BCUT2D eigenvalue weighted by molar-refractivity contribution is 6.17. The van der Waals surface area contributed by atoms with Crippen LogP contribution in [0.5, 0.6) is 0 Å². The molecule has 0 aromatic carbocycles. The number of fused-ring (bicyclic) bond motifs is 1. The average Bonchev–Trinajstić information content (AvgIpc) is 2.78. The summed E-state index contributed by atoms with van der Waals surface area (Å²) in [6, 6.07) is -0.128. The molecule has 1 aliphatic heterocycles. The van der Waals surface area contributed by atoms with E-state index in [0.717, 1.165) is 0 Å². The van der Waals surface area contributed by atoms with Gasteiger partial charge < -0.3 is 24.4 Å². The number of esters is 1. The first kappa shape index (κ1) is 14.3. The van der Waals surface area contributed by atoms with E-state index in [2.05, 4.69) is 4.74 Å². The predicted octanol–water partition coefficient (Wildman–Crippen LogP) is 0.138. The van der Waals surface area contributed by atoms with Gasteiger partial charge in [-0.3, -0.25) is 0 Å². The Kier molecular flexibility index (Phi) is 4.15. The van der Waals surface area contributed by atoms with Crippen LogP contribution in [-0.4, -0.2) is 47.9 Å². The number of methoxy groups -OCH3 is 1. The number of hydrogen-bond donors (Lipinski definition) is 2. The van der Waals surface area contributed by atoms with E-state index in [9.17, 15) is 15.0 Å². The fourth-order valence-corrected chi connectivity index (χ4v) is 2.61. The lowest BCUT2D eigenvalue weighted by molar-refractivity contribution is -0.189. The van der Waals surface area contributed by atoms with Crippen molar-refractivity contribution in [1.29, 1.82) is 0 Å². The van der Waals surface area contributed by atoms with E-state index >= 15 is 0 Å². The minimum atomic E-state index is -1.52. The van der Waals surface area contributed by atoms with Gasteiger partial charge in [0, 0.05) is 5.92 Å². The zero-order valence-electron chi connectivity index (χ0n) is 10.3. The maximum atomic E-state index is 11.7. The first-order chi connectivity index (χ1) is 9.07. The number of aliphatic hydroxyl groups excluding tert-OH is 1. The van der Waals surface area contributed by atoms with E-state index in [0.29, 0.717) is 0 Å². The Hall–Kier alpha value is -1.08. The first-order valence-corrected chi connectivity index (χ1v) is 6.25. The molecule has 2 N–H and O–H groups in total. The van der Waals surface area contributed by atoms with Crippen molar-refractivity contribution in [2.24, 2.45) is 11.8 Å². The van der Waals surface area contributed by atoms with Gasteiger partial charge in [0.1, 0.15) is 11.7 Å². The van der Waals surface area contributed by atoms with Crippen LogP contribution in [-0.2, 0) is 19.0 Å². The van der Waals surface area contributed by atoms with Crippen LogP contribution in [0.15, 0.2) is 24.0 Å². The van der Waals surface area contributed by atoms with E-state index in [1.807, 2.05) is 0 Å². The molecular weight excluding hydrogens is 276 g/mol. The Morgan fingerprint density at radius 1 is 1.63 bits per heavy atom. The standard InChI is InChI=1S/C12H15ClO6/c1-17-10(15)8-4-18-11(19-6-13)9-7(8)2-3-12(9,16)5-14/h2-4,7,9,11,14,16H,5-6H2,1H3/t7-,9-,11+,12-/m1/s1. The lowest BCUT2D eigenvalue weighted by atomic mass is 9.79. The molecule has 0 spiro atoms. The van der Waals surface area contributed by atoms with Crippen molar-refractivity contribution in [2.75, 3.05) is 19.8 Å². The molecule has 0 fully saturated rings. The average molecular weight is 291 g/mol. The Labute approximate surface area is 115 Å². The highest BCUT2D eigenvalue weighted by atomic mass is 35.5. The van der Waals surface area contributed by atoms with Gasteiger partial charge in [-0.2, -0.15) is 0 Å². The van der Waals surface area contributed by atoms with Crippen LogP contribution in [0.25, 0.3) is 0 Å². The lowest BCUT2D eigenvalue weighted by Crippen LogP contribution is -2.49. The SMILES string of the molecule is COC(=O)C1=CO[C@@H](OCCl)[C@H]2[C@@H]1C=C[C@@]2(O)CO. The van der Waals surface area contributed by atoms with Crippen molar-refractivity contribution in [3.05, 3.63) is 24.0 Å². The molecule has 2 aliphatic rings. The fourth-order valence-electron chi connectivity index (χ4n) is 2.48. The molecule has 1 heterocycles. The predicted molar refractivity (Wildman–Crippen MR) is 64.9 cm³/mol. The maximum Gasteiger partial charge on any atom is 0.337 e. The Balaban J connectivity index is 2.33. The minimum Gasteiger partial charge on any atom is -0.471 e. The van der Waals surface area contributed by atoms with Crippen LogP contribution < -0.4 is 0 Å². The summed E-state index contributed by atoms with van der Waals surface area (Å²) < 4.78 is 15.1. The second-order valence-corrected chi connectivity index (χ2v) is 4.62. The zero-order valence-corrected chi connectivity index (χ0v) is 11.0. The van der Waals surface area contributed by atoms with E-state index in [1.54, 1.807) is 6.08 Å². The van der Waals surface area contributed by atoms with Crippen LogP contribution in [0, 0.1) is 11.8 Å². The van der Waals surface area contributed by atoms with Crippen molar-refractivity contribution < 1.29 is 29.2 Å². The van der Waals surface area contributed by atoms with Gasteiger partial charge in [-0.15, -0.1) is 0 Å². The summed E-state index contributed by atoms with van der Waals surface area (Å²) >= 11 is 5.51. The summed E-state index contributed by atoms with van der Waals surface area (Å²) in [7, 11) is 1.26. The zero-order chi connectivity index (χ0) is 14.0. The molecule has 0 aromatic rings. The van der Waals surface area contributed by atoms with Crippen LogP contribution >= 0.6 is 11.6 Å². The summed E-state index contributed by atoms with van der Waals surface area (Å²) in [5, 5.41) is 19.7. The van der Waals surface area contributed by atoms with Crippen molar-refractivity contribution in [2.45, 2.75) is 11.9 Å². The third kappa shape index (κ3) is 2.36. The third-order valence-electron chi connectivity index (χ3n) is 3.44. The van der Waals surface area contributed by atoms with Gasteiger partial charge in [0.15, 0.2) is 0 Å². The monoisotopic (exact) mass is 290 g/mol. The number of allylic oxidation sites excluding steroid dienone is 1. The molecule has 1 aliphatic carbocycles. The molecule has 0 saturated carbocycles. The molecule has 7 heteroatoms. The molecule has 0 saturated heterocycles. The van der Waals surface area contributed by atoms with Crippen LogP contribution in [0.2, 0.25) is 0 Å². The number of hydrogen-bond acceptors (Lipinski definition) is 6. The van der Waals surface area contributed by atoms with Crippen molar-refractivity contribution in [3.63, 3.8) is 0 Å². The molecule has 0 bridgehead atoms. The smallest absolute Gasteiger partial charge is 0.337 e. The normalized spacial score (nSPS) is 36.4. The summed E-state index contributed by atoms with van der Waals surface area (Å²) in [6.07, 6.45) is 3.48. The molecule has 6 nitrogen and oxygen atoms in total. The van der Waals surface area contributed by atoms with Crippen molar-refractivity contribution in [1.82, 2.24) is 0 Å². The highest BCUT2D eigenvalue weighted by Gasteiger charge is 2.53. The minimum absolute atomic E-state index is 0.128. The topological polar surface area (TPSA) is 85.2 Å². The number of alkyl halides is 1. The number of halogens is 1. The molecule has 4 atom stereocenters. The molecule has 2 rings (SSSR count). The molecule has 0 unspecified atom stereocenters. The van der Waals surface area contributed by atoms with Crippen LogP contribution in [0.3, 0.4) is 0 Å². The van der Waals surface area contributed by atoms with E-state index in [-0.39, 0.29) is 11.6 Å².